The number of rotatable bonds is 8. The first-order valence-electron chi connectivity index (χ1n) is 13.1. The molecular weight excluding hydrogens is 551 g/mol. The number of aryl methyl sites for hydroxylation is 2. The summed E-state index contributed by atoms with van der Waals surface area (Å²) in [5.41, 5.74) is 3.61. The Balaban J connectivity index is 1.29. The Hall–Kier alpha value is -3.53. The molecule has 1 fully saturated rings. The van der Waals surface area contributed by atoms with Gasteiger partial charge >= 0.3 is 0 Å². The van der Waals surface area contributed by atoms with Crippen molar-refractivity contribution in [3.05, 3.63) is 112 Å². The number of aromatic nitrogens is 2. The average molecular weight is 579 g/mol. The van der Waals surface area contributed by atoms with E-state index in [4.69, 9.17) is 11.6 Å². The molecule has 3 aromatic carbocycles. The van der Waals surface area contributed by atoms with Crippen molar-refractivity contribution < 1.29 is 17.6 Å². The minimum absolute atomic E-state index is 0.00205. The molecule has 0 radical (unpaired) electrons. The van der Waals surface area contributed by atoms with E-state index in [1.165, 1.54) is 18.2 Å². The molecule has 206 valence electrons. The second kappa shape index (κ2) is 10.5. The minimum Gasteiger partial charge on any atom is -0.337 e. The zero-order valence-corrected chi connectivity index (χ0v) is 23.4. The summed E-state index contributed by atoms with van der Waals surface area (Å²) in [4.78, 5) is 20.0. The van der Waals surface area contributed by atoms with E-state index in [1.54, 1.807) is 11.1 Å². The molecular formula is C30H28ClFN4O3S. The number of hydrogen-bond donors (Lipinski definition) is 1. The summed E-state index contributed by atoms with van der Waals surface area (Å²) in [7, 11) is -2.06. The van der Waals surface area contributed by atoms with E-state index < -0.39 is 21.9 Å². The highest BCUT2D eigenvalue weighted by molar-refractivity contribution is 7.89. The summed E-state index contributed by atoms with van der Waals surface area (Å²) in [6, 6.07) is 17.9. The third-order valence-corrected chi connectivity index (χ3v) is 9.54. The van der Waals surface area contributed by atoms with E-state index in [0.29, 0.717) is 23.6 Å². The van der Waals surface area contributed by atoms with Gasteiger partial charge in [-0.3, -0.25) is 4.79 Å². The SMILES string of the molecule is Cn1ccnc1CN(C(=O)[C@H]1C[C@@H]1c1ccc(Cl)cc1)c1ccc2c(c1)[C@@H](NS(=O)(=O)c1cccc(F)c1)CC2. The monoisotopic (exact) mass is 578 g/mol. The van der Waals surface area contributed by atoms with Crippen LogP contribution < -0.4 is 9.62 Å². The Bertz CT molecular complexity index is 1690. The van der Waals surface area contributed by atoms with Crippen molar-refractivity contribution >= 4 is 33.2 Å². The molecule has 3 atom stereocenters. The number of amides is 1. The highest BCUT2D eigenvalue weighted by Gasteiger charge is 2.46. The predicted octanol–water partition coefficient (Wildman–Crippen LogP) is 5.52. The topological polar surface area (TPSA) is 84.3 Å². The van der Waals surface area contributed by atoms with Crippen LogP contribution in [0.1, 0.15) is 47.3 Å². The molecule has 0 bridgehead atoms. The van der Waals surface area contributed by atoms with Crippen molar-refractivity contribution in [3.8, 4) is 0 Å². The second-order valence-electron chi connectivity index (χ2n) is 10.4. The molecule has 2 aliphatic carbocycles. The van der Waals surface area contributed by atoms with Gasteiger partial charge < -0.3 is 9.47 Å². The van der Waals surface area contributed by atoms with Crippen LogP contribution in [0.25, 0.3) is 0 Å². The van der Waals surface area contributed by atoms with Crippen molar-refractivity contribution in [1.29, 1.82) is 0 Å². The number of halogens is 2. The first-order valence-corrected chi connectivity index (χ1v) is 15.0. The lowest BCUT2D eigenvalue weighted by Crippen LogP contribution is -2.33. The lowest BCUT2D eigenvalue weighted by molar-refractivity contribution is -0.120. The first kappa shape index (κ1) is 26.7. The van der Waals surface area contributed by atoms with Crippen LogP contribution in [0.4, 0.5) is 10.1 Å². The van der Waals surface area contributed by atoms with Crippen LogP contribution in [-0.4, -0.2) is 23.9 Å². The molecule has 6 rings (SSSR count). The van der Waals surface area contributed by atoms with Gasteiger partial charge in [0, 0.05) is 42.1 Å². The maximum Gasteiger partial charge on any atom is 0.241 e. The van der Waals surface area contributed by atoms with E-state index in [0.717, 1.165) is 35.0 Å². The molecule has 1 saturated carbocycles. The van der Waals surface area contributed by atoms with Gasteiger partial charge in [0.1, 0.15) is 11.6 Å². The Morgan fingerprint density at radius 1 is 1.15 bits per heavy atom. The molecule has 0 aliphatic heterocycles. The maximum absolute atomic E-state index is 13.9. The summed E-state index contributed by atoms with van der Waals surface area (Å²) >= 11 is 6.06. The third kappa shape index (κ3) is 5.29. The van der Waals surface area contributed by atoms with Gasteiger partial charge in [0.2, 0.25) is 15.9 Å². The highest BCUT2D eigenvalue weighted by Crippen LogP contribution is 2.49. The van der Waals surface area contributed by atoms with Crippen LogP contribution in [-0.2, 0) is 34.8 Å². The van der Waals surface area contributed by atoms with Crippen LogP contribution in [0.15, 0.2) is 84.0 Å². The number of imidazole rings is 1. The molecule has 10 heteroatoms. The Kier molecular flexibility index (Phi) is 6.98. The molecule has 0 spiro atoms. The molecule has 1 aromatic heterocycles. The van der Waals surface area contributed by atoms with Crippen molar-refractivity contribution in [3.63, 3.8) is 0 Å². The molecule has 1 amide bonds. The zero-order valence-electron chi connectivity index (χ0n) is 21.8. The summed E-state index contributed by atoms with van der Waals surface area (Å²) in [5, 5.41) is 0.657. The number of carbonyl (C=O) groups excluding carboxylic acids is 1. The summed E-state index contributed by atoms with van der Waals surface area (Å²) in [6.07, 6.45) is 5.55. The minimum atomic E-state index is -3.94. The van der Waals surface area contributed by atoms with Gasteiger partial charge in [0.05, 0.1) is 11.4 Å². The van der Waals surface area contributed by atoms with E-state index >= 15 is 0 Å². The lowest BCUT2D eigenvalue weighted by atomic mass is 10.1. The quantitative estimate of drug-likeness (QED) is 0.299. The van der Waals surface area contributed by atoms with E-state index in [2.05, 4.69) is 9.71 Å². The van der Waals surface area contributed by atoms with Crippen LogP contribution in [0.3, 0.4) is 0 Å². The van der Waals surface area contributed by atoms with Gasteiger partial charge in [-0.05, 0) is 84.3 Å². The number of benzene rings is 3. The molecule has 0 unspecified atom stereocenters. The molecule has 2 aliphatic rings. The molecule has 4 aromatic rings. The number of fused-ring (bicyclic) bond motifs is 1. The number of carbonyl (C=O) groups is 1. The molecule has 40 heavy (non-hydrogen) atoms. The lowest BCUT2D eigenvalue weighted by Gasteiger charge is -2.25. The summed E-state index contributed by atoms with van der Waals surface area (Å²) in [5.74, 6) is 0.0713. The fourth-order valence-electron chi connectivity index (χ4n) is 5.50. The van der Waals surface area contributed by atoms with Gasteiger partial charge in [0.15, 0.2) is 0 Å². The van der Waals surface area contributed by atoms with E-state index in [1.807, 2.05) is 60.3 Å². The van der Waals surface area contributed by atoms with Crippen molar-refractivity contribution in [1.82, 2.24) is 14.3 Å². The largest absolute Gasteiger partial charge is 0.337 e. The van der Waals surface area contributed by atoms with Crippen LogP contribution in [0.5, 0.6) is 0 Å². The summed E-state index contributed by atoms with van der Waals surface area (Å²) in [6.45, 7) is 0.282. The highest BCUT2D eigenvalue weighted by atomic mass is 35.5. The number of hydrogen-bond acceptors (Lipinski definition) is 4. The van der Waals surface area contributed by atoms with Crippen LogP contribution >= 0.6 is 11.6 Å². The summed E-state index contributed by atoms with van der Waals surface area (Å²) < 4.78 is 44.5. The van der Waals surface area contributed by atoms with Crippen molar-refractivity contribution in [2.75, 3.05) is 4.90 Å². The van der Waals surface area contributed by atoms with Crippen LogP contribution in [0.2, 0.25) is 5.02 Å². The van der Waals surface area contributed by atoms with Crippen molar-refractivity contribution in [2.45, 2.75) is 42.7 Å². The Labute approximate surface area is 237 Å². The van der Waals surface area contributed by atoms with E-state index in [9.17, 15) is 17.6 Å². The van der Waals surface area contributed by atoms with Crippen LogP contribution in [0, 0.1) is 11.7 Å². The van der Waals surface area contributed by atoms with Gasteiger partial charge in [-0.1, -0.05) is 35.9 Å². The predicted molar refractivity (Wildman–Crippen MR) is 151 cm³/mol. The Morgan fingerprint density at radius 2 is 1.95 bits per heavy atom. The molecule has 7 nitrogen and oxygen atoms in total. The van der Waals surface area contributed by atoms with E-state index in [-0.39, 0.29) is 29.2 Å². The fourth-order valence-corrected chi connectivity index (χ4v) is 6.91. The third-order valence-electron chi connectivity index (χ3n) is 7.82. The molecule has 1 N–H and O–H groups in total. The normalized spacial score (nSPS) is 19.8. The number of anilines is 1. The Morgan fingerprint density at radius 3 is 2.67 bits per heavy atom. The van der Waals surface area contributed by atoms with Gasteiger partial charge in [0.25, 0.3) is 0 Å². The fraction of sp³-hybridized carbons (Fsp3) is 0.267. The smallest absolute Gasteiger partial charge is 0.241 e. The molecule has 0 saturated heterocycles. The average Bonchev–Trinajstić information content (AvgIpc) is 3.49. The second-order valence-corrected chi connectivity index (χ2v) is 12.6. The van der Waals surface area contributed by atoms with Gasteiger partial charge in [-0.15, -0.1) is 0 Å². The standard InChI is InChI=1S/C30H28ClFN4O3S/c1-35-14-13-33-29(35)18-36(30(37)27-17-25(27)19-5-9-21(31)10-6-19)23-11-7-20-8-12-28(26(20)16-23)34-40(38,39)24-4-2-3-22(32)15-24/h2-7,9-11,13-16,25,27-28,34H,8,12,17-18H2,1H3/t25-,27+,28+/m1/s1. The maximum atomic E-state index is 13.9. The van der Waals surface area contributed by atoms with Gasteiger partial charge in [-0.2, -0.15) is 0 Å². The van der Waals surface area contributed by atoms with Gasteiger partial charge in [-0.25, -0.2) is 22.5 Å². The number of nitrogens with one attached hydrogen (secondary N) is 1. The van der Waals surface area contributed by atoms with Crippen molar-refractivity contribution in [2.24, 2.45) is 13.0 Å². The number of sulfonamides is 1. The zero-order chi connectivity index (χ0) is 28.0. The first-order chi connectivity index (χ1) is 19.2. The number of nitrogens with zero attached hydrogens (tertiary/aromatic N) is 3. The molecule has 1 heterocycles.